The van der Waals surface area contributed by atoms with Crippen molar-refractivity contribution >= 4 is 11.8 Å². The Bertz CT molecular complexity index is 551. The lowest BCUT2D eigenvalue weighted by Gasteiger charge is -2.32. The Balaban J connectivity index is 2.02. The first kappa shape index (κ1) is 16.5. The minimum Gasteiger partial charge on any atom is -0.496 e. The number of Topliss-reactive ketones (excluding diaryl/α,β-unsaturated/α-hetero) is 1. The van der Waals surface area contributed by atoms with Gasteiger partial charge in [0.15, 0.2) is 5.78 Å². The molecule has 0 bridgehead atoms. The third-order valence-corrected chi connectivity index (χ3v) is 4.00. The van der Waals surface area contributed by atoms with Crippen LogP contribution in [0.1, 0.15) is 27.1 Å². The van der Waals surface area contributed by atoms with E-state index < -0.39 is 5.97 Å². The molecule has 1 aromatic carbocycles. The number of ether oxygens (including phenoxy) is 1. The summed E-state index contributed by atoms with van der Waals surface area (Å²) in [7, 11) is 3.57. The number of rotatable bonds is 6. The number of hydrogen-bond acceptors (Lipinski definition) is 5. The minimum absolute atomic E-state index is 0.0844. The van der Waals surface area contributed by atoms with Crippen molar-refractivity contribution in [2.24, 2.45) is 0 Å². The summed E-state index contributed by atoms with van der Waals surface area (Å²) in [5.74, 6) is -0.706. The maximum absolute atomic E-state index is 12.4. The average Bonchev–Trinajstić information content (AvgIpc) is 2.53. The van der Waals surface area contributed by atoms with E-state index in [0.717, 1.165) is 26.2 Å². The molecule has 1 N–H and O–H groups in total. The van der Waals surface area contributed by atoms with Gasteiger partial charge in [-0.05, 0) is 25.2 Å². The van der Waals surface area contributed by atoms with E-state index in [1.165, 1.54) is 25.3 Å². The number of methoxy groups -OCH3 is 1. The maximum atomic E-state index is 12.4. The van der Waals surface area contributed by atoms with Crippen molar-refractivity contribution in [1.82, 2.24) is 9.80 Å². The molecule has 22 heavy (non-hydrogen) atoms. The van der Waals surface area contributed by atoms with Crippen LogP contribution in [-0.2, 0) is 0 Å². The van der Waals surface area contributed by atoms with Crippen LogP contribution in [-0.4, -0.2) is 73.5 Å². The molecule has 1 saturated heterocycles. The predicted octanol–water partition coefficient (Wildman–Crippen LogP) is 1.21. The Hall–Kier alpha value is -1.92. The largest absolute Gasteiger partial charge is 0.496 e. The molecule has 0 radical (unpaired) electrons. The zero-order valence-corrected chi connectivity index (χ0v) is 13.0. The summed E-state index contributed by atoms with van der Waals surface area (Å²) >= 11 is 0. The van der Waals surface area contributed by atoms with Gasteiger partial charge in [-0.2, -0.15) is 0 Å². The molecule has 1 heterocycles. The summed E-state index contributed by atoms with van der Waals surface area (Å²) in [6.07, 6.45) is 0.364. The number of likely N-dealkylation sites (N-methyl/N-ethyl adjacent to an activating group) is 1. The zero-order valence-electron chi connectivity index (χ0n) is 13.0. The quantitative estimate of drug-likeness (QED) is 0.797. The molecule has 0 spiro atoms. The van der Waals surface area contributed by atoms with E-state index in [0.29, 0.717) is 24.3 Å². The predicted molar refractivity (Wildman–Crippen MR) is 82.8 cm³/mol. The van der Waals surface area contributed by atoms with E-state index in [1.807, 2.05) is 0 Å². The van der Waals surface area contributed by atoms with Crippen molar-refractivity contribution < 1.29 is 19.4 Å². The number of carboxylic acid groups (broad SMARTS) is 1. The van der Waals surface area contributed by atoms with Gasteiger partial charge in [0, 0.05) is 39.1 Å². The molecule has 0 atom stereocenters. The van der Waals surface area contributed by atoms with Crippen LogP contribution in [0.4, 0.5) is 0 Å². The molecule has 0 aromatic heterocycles. The monoisotopic (exact) mass is 306 g/mol. The lowest BCUT2D eigenvalue weighted by Crippen LogP contribution is -2.45. The van der Waals surface area contributed by atoms with Crippen LogP contribution in [0, 0.1) is 0 Å². The van der Waals surface area contributed by atoms with Crippen LogP contribution in [0.5, 0.6) is 5.75 Å². The molecule has 0 aliphatic carbocycles. The maximum Gasteiger partial charge on any atom is 0.335 e. The van der Waals surface area contributed by atoms with E-state index in [2.05, 4.69) is 16.8 Å². The number of carboxylic acids is 1. The lowest BCUT2D eigenvalue weighted by molar-refractivity contribution is 0.0697. The highest BCUT2D eigenvalue weighted by atomic mass is 16.5. The lowest BCUT2D eigenvalue weighted by atomic mass is 10.0. The van der Waals surface area contributed by atoms with Gasteiger partial charge in [0.1, 0.15) is 5.75 Å². The van der Waals surface area contributed by atoms with Crippen LogP contribution < -0.4 is 4.74 Å². The number of benzene rings is 1. The Kier molecular flexibility index (Phi) is 5.51. The Morgan fingerprint density at radius 2 is 1.91 bits per heavy atom. The van der Waals surface area contributed by atoms with Crippen LogP contribution in [0.25, 0.3) is 0 Å². The van der Waals surface area contributed by atoms with Crippen LogP contribution in [0.15, 0.2) is 18.2 Å². The molecular weight excluding hydrogens is 284 g/mol. The van der Waals surface area contributed by atoms with Gasteiger partial charge in [0.05, 0.1) is 18.2 Å². The Morgan fingerprint density at radius 1 is 1.23 bits per heavy atom. The molecule has 1 aromatic rings. The number of aromatic carboxylic acids is 1. The van der Waals surface area contributed by atoms with Gasteiger partial charge in [0.25, 0.3) is 0 Å². The molecule has 0 saturated carbocycles. The topological polar surface area (TPSA) is 70.1 Å². The number of nitrogens with zero attached hydrogens (tertiary/aromatic N) is 2. The fourth-order valence-electron chi connectivity index (χ4n) is 2.52. The summed E-state index contributed by atoms with van der Waals surface area (Å²) in [5.41, 5.74) is 0.445. The fourth-order valence-corrected chi connectivity index (χ4v) is 2.52. The molecule has 1 aliphatic heterocycles. The van der Waals surface area contributed by atoms with Crippen LogP contribution >= 0.6 is 0 Å². The van der Waals surface area contributed by atoms with Crippen molar-refractivity contribution in [3.8, 4) is 5.75 Å². The van der Waals surface area contributed by atoms with Crippen molar-refractivity contribution in [2.75, 3.05) is 46.9 Å². The van der Waals surface area contributed by atoms with Gasteiger partial charge in [0.2, 0.25) is 0 Å². The highest BCUT2D eigenvalue weighted by Gasteiger charge is 2.18. The van der Waals surface area contributed by atoms with Gasteiger partial charge in [-0.25, -0.2) is 4.79 Å². The molecule has 0 amide bonds. The molecule has 1 aliphatic rings. The molecule has 120 valence electrons. The molecular formula is C16H22N2O4. The average molecular weight is 306 g/mol. The van der Waals surface area contributed by atoms with Gasteiger partial charge in [-0.1, -0.05) is 0 Å². The summed E-state index contributed by atoms with van der Waals surface area (Å²) in [4.78, 5) is 28.0. The molecule has 0 unspecified atom stereocenters. The second kappa shape index (κ2) is 7.38. The van der Waals surface area contributed by atoms with Crippen molar-refractivity contribution in [3.05, 3.63) is 29.3 Å². The normalized spacial score (nSPS) is 16.5. The fraction of sp³-hybridized carbons (Fsp3) is 0.500. The van der Waals surface area contributed by atoms with Gasteiger partial charge < -0.3 is 19.6 Å². The highest BCUT2D eigenvalue weighted by Crippen LogP contribution is 2.22. The van der Waals surface area contributed by atoms with Gasteiger partial charge in [-0.3, -0.25) is 4.79 Å². The molecule has 1 fully saturated rings. The SMILES string of the molecule is COc1ccc(C(=O)O)cc1C(=O)CCN1CCN(C)CC1. The molecule has 6 heteroatoms. The zero-order chi connectivity index (χ0) is 16.1. The summed E-state index contributed by atoms with van der Waals surface area (Å²) in [6, 6.07) is 4.37. The second-order valence-corrected chi connectivity index (χ2v) is 5.54. The van der Waals surface area contributed by atoms with Gasteiger partial charge in [-0.15, -0.1) is 0 Å². The van der Waals surface area contributed by atoms with E-state index in [9.17, 15) is 9.59 Å². The number of carbonyl (C=O) groups excluding carboxylic acids is 1. The Morgan fingerprint density at radius 3 is 2.50 bits per heavy atom. The molecule has 6 nitrogen and oxygen atoms in total. The molecule has 2 rings (SSSR count). The van der Waals surface area contributed by atoms with Crippen molar-refractivity contribution in [3.63, 3.8) is 0 Å². The van der Waals surface area contributed by atoms with Crippen molar-refractivity contribution in [1.29, 1.82) is 0 Å². The van der Waals surface area contributed by atoms with Crippen LogP contribution in [0.2, 0.25) is 0 Å². The summed E-state index contributed by atoms with van der Waals surface area (Å²) < 4.78 is 5.17. The highest BCUT2D eigenvalue weighted by molar-refractivity contribution is 6.01. The van der Waals surface area contributed by atoms with Crippen molar-refractivity contribution in [2.45, 2.75) is 6.42 Å². The van der Waals surface area contributed by atoms with E-state index in [4.69, 9.17) is 9.84 Å². The summed E-state index contributed by atoms with van der Waals surface area (Å²) in [6.45, 7) is 4.61. The second-order valence-electron chi connectivity index (χ2n) is 5.54. The first-order valence-electron chi connectivity index (χ1n) is 7.36. The minimum atomic E-state index is -1.05. The number of carbonyl (C=O) groups is 2. The standard InChI is InChI=1S/C16H22N2O4/c1-17-7-9-18(10-8-17)6-5-14(19)13-11-12(16(20)21)3-4-15(13)22-2/h3-4,11H,5-10H2,1-2H3,(H,20,21). The first-order valence-corrected chi connectivity index (χ1v) is 7.36. The third-order valence-electron chi connectivity index (χ3n) is 4.00. The number of ketones is 1. The Labute approximate surface area is 130 Å². The smallest absolute Gasteiger partial charge is 0.335 e. The van der Waals surface area contributed by atoms with E-state index in [1.54, 1.807) is 0 Å². The summed E-state index contributed by atoms with van der Waals surface area (Å²) in [5, 5.41) is 9.05. The van der Waals surface area contributed by atoms with Gasteiger partial charge >= 0.3 is 5.97 Å². The number of hydrogen-bond donors (Lipinski definition) is 1. The third kappa shape index (κ3) is 4.05. The van der Waals surface area contributed by atoms with E-state index in [-0.39, 0.29) is 11.3 Å². The van der Waals surface area contributed by atoms with E-state index >= 15 is 0 Å². The first-order chi connectivity index (χ1) is 10.5. The van der Waals surface area contributed by atoms with Crippen LogP contribution in [0.3, 0.4) is 0 Å². The number of piperazine rings is 1.